The first-order chi connectivity index (χ1) is 40.0. The summed E-state index contributed by atoms with van der Waals surface area (Å²) in [6, 6.07) is 19.6. The van der Waals surface area contributed by atoms with Crippen molar-refractivity contribution in [2.75, 3.05) is 76.5 Å². The smallest absolute Gasteiger partial charge is 0.343 e. The molecule has 0 bridgehead atoms. The van der Waals surface area contributed by atoms with Gasteiger partial charge in [-0.2, -0.15) is 0 Å². The Morgan fingerprint density at radius 2 is 0.663 bits per heavy atom. The fraction of sp³-hybridized carbons (Fsp3) is 0.433. The Bertz CT molecular complexity index is 2800. The molecule has 26 heteroatoms. The van der Waals surface area contributed by atoms with Crippen LogP contribution in [-0.2, 0) is 47.6 Å². The molecule has 2 amide bonds. The van der Waals surface area contributed by atoms with Crippen molar-refractivity contribution in [3.8, 4) is 23.0 Å². The first-order valence-electron chi connectivity index (χ1n) is 27.0. The minimum absolute atomic E-state index is 0.00213. The predicted molar refractivity (Wildman–Crippen MR) is 315 cm³/mol. The molecule has 4 aromatic carbocycles. The minimum atomic E-state index is -0.917. The van der Waals surface area contributed by atoms with Gasteiger partial charge in [-0.15, -0.1) is 0 Å². The Morgan fingerprint density at radius 1 is 0.395 bits per heavy atom. The highest BCUT2D eigenvalue weighted by atomic mass is 16.6. The summed E-state index contributed by atoms with van der Waals surface area (Å²) in [6.45, 7) is 17.2. The average Bonchev–Trinajstić information content (AvgIpc) is 2.29. The molecule has 26 nitrogen and oxygen atoms in total. The first kappa shape index (κ1) is 69.2. The molecule has 0 atom stereocenters. The van der Waals surface area contributed by atoms with Crippen LogP contribution in [0.5, 0.6) is 23.0 Å². The van der Waals surface area contributed by atoms with Crippen LogP contribution in [0.1, 0.15) is 125 Å². The van der Waals surface area contributed by atoms with Gasteiger partial charge >= 0.3 is 35.8 Å². The van der Waals surface area contributed by atoms with Crippen molar-refractivity contribution >= 4 is 70.9 Å². The van der Waals surface area contributed by atoms with Crippen molar-refractivity contribution in [3.63, 3.8) is 0 Å². The van der Waals surface area contributed by atoms with Gasteiger partial charge in [-0.05, 0) is 156 Å². The molecule has 0 heterocycles. The summed E-state index contributed by atoms with van der Waals surface area (Å²) >= 11 is 0. The number of nitrogens with two attached hydrogens (primary N) is 2. The quantitative estimate of drug-likeness (QED) is 0.00929. The molecule has 8 N–H and O–H groups in total. The number of guanidine groups is 2. The third kappa shape index (κ3) is 26.5. The number of esters is 6. The number of hydrogen-bond acceptors (Lipinski definition) is 20. The van der Waals surface area contributed by atoms with Gasteiger partial charge in [-0.25, -0.2) is 9.59 Å². The zero-order valence-electron chi connectivity index (χ0n) is 50.6. The monoisotopic (exact) mass is 1200 g/mol. The topological polar surface area (TPSA) is 359 Å². The number of ether oxygens (including phenoxy) is 10. The maximum atomic E-state index is 14.2. The van der Waals surface area contributed by atoms with Crippen LogP contribution in [-0.4, -0.2) is 158 Å². The van der Waals surface area contributed by atoms with E-state index in [1.54, 1.807) is 83.1 Å². The SMILES string of the molecule is CC(C)(C)OC(=O)CN(CC(=O)OC(C)(C)C)C(=O)c1cc(OCCOCCOCCOc2cc(OC(=O)c3ccc(NC(=N)N)cc3)cc(C(=O)N(CC(=O)OC(C)(C)C)CC(=O)OC(C)(C)C)c2)cc(OC(=O)c2ccc(NC(=N)N)cc2)c1. The van der Waals surface area contributed by atoms with Crippen LogP contribution in [0, 0.1) is 10.8 Å². The summed E-state index contributed by atoms with van der Waals surface area (Å²) in [6.07, 6.45) is 0. The van der Waals surface area contributed by atoms with Crippen molar-refractivity contribution in [2.24, 2.45) is 11.5 Å². The third-order valence-electron chi connectivity index (χ3n) is 10.4. The molecule has 0 fully saturated rings. The predicted octanol–water partition coefficient (Wildman–Crippen LogP) is 6.48. The van der Waals surface area contributed by atoms with Crippen LogP contribution in [0.2, 0.25) is 0 Å². The molecule has 4 rings (SSSR count). The summed E-state index contributed by atoms with van der Waals surface area (Å²) in [4.78, 5) is 109. The molecule has 0 unspecified atom stereocenters. The molecule has 0 radical (unpaired) electrons. The van der Waals surface area contributed by atoms with Gasteiger partial charge in [0.2, 0.25) is 0 Å². The van der Waals surface area contributed by atoms with Crippen LogP contribution in [0.4, 0.5) is 11.4 Å². The van der Waals surface area contributed by atoms with Gasteiger partial charge in [-0.1, -0.05) is 0 Å². The molecule has 0 saturated heterocycles. The largest absolute Gasteiger partial charge is 0.491 e. The van der Waals surface area contributed by atoms with Gasteiger partial charge in [0.25, 0.3) is 11.8 Å². The van der Waals surface area contributed by atoms with E-state index in [2.05, 4.69) is 10.6 Å². The first-order valence-corrected chi connectivity index (χ1v) is 27.0. The van der Waals surface area contributed by atoms with E-state index in [1.807, 2.05) is 0 Å². The number of nitrogens with one attached hydrogen (secondary N) is 4. The average molecular weight is 1200 g/mol. The molecule has 86 heavy (non-hydrogen) atoms. The lowest BCUT2D eigenvalue weighted by Crippen LogP contribution is -2.43. The van der Waals surface area contributed by atoms with Crippen LogP contribution >= 0.6 is 0 Å². The second kappa shape index (κ2) is 31.0. The lowest BCUT2D eigenvalue weighted by atomic mass is 10.1. The molecule has 0 aliphatic rings. The molecule has 0 saturated carbocycles. The van der Waals surface area contributed by atoms with E-state index in [0.29, 0.717) is 11.4 Å². The highest BCUT2D eigenvalue weighted by Crippen LogP contribution is 2.28. The van der Waals surface area contributed by atoms with Gasteiger partial charge in [-0.3, -0.25) is 39.6 Å². The fourth-order valence-corrected chi connectivity index (χ4v) is 7.34. The van der Waals surface area contributed by atoms with Crippen molar-refractivity contribution in [3.05, 3.63) is 107 Å². The number of anilines is 2. The molecule has 466 valence electrons. The number of nitrogens with zero attached hydrogens (tertiary/aromatic N) is 2. The standard InChI is InChI=1S/C60H78N8O18/c1-57(2,3)83-47(69)33-67(34-48(70)84-58(4,5)6)51(73)39-27-43(31-45(29-39)81-53(75)37-13-17-41(18-14-37)65-55(61)62)79-25-23-77-21-22-78-24-26-80-44-28-40(30-46(32-44)82-54(76)38-15-19-42(20-16-38)66-56(63)64)52(74)68(35-49(71)85-59(7,8)9)36-50(72)86-60(10,11)12/h13-20,27-32H,21-26,33-36H2,1-12H3,(H4,61,62,65)(H4,63,64,66). The highest BCUT2D eigenvalue weighted by Gasteiger charge is 2.31. The molecule has 0 aromatic heterocycles. The lowest BCUT2D eigenvalue weighted by Gasteiger charge is -2.26. The van der Waals surface area contributed by atoms with Crippen molar-refractivity contribution < 1.29 is 85.7 Å². The van der Waals surface area contributed by atoms with E-state index >= 15 is 0 Å². The van der Waals surface area contributed by atoms with Crippen LogP contribution in [0.3, 0.4) is 0 Å². The summed E-state index contributed by atoms with van der Waals surface area (Å²) in [5.74, 6) is -7.30. The second-order valence-corrected chi connectivity index (χ2v) is 23.0. The maximum absolute atomic E-state index is 14.2. The highest BCUT2D eigenvalue weighted by molar-refractivity contribution is 6.01. The van der Waals surface area contributed by atoms with Gasteiger partial charge in [0.1, 0.15) is 84.8 Å². The molecule has 4 aromatic rings. The number of amides is 2. The Kier molecular flexibility index (Phi) is 25.0. The normalized spacial score (nSPS) is 11.4. The van der Waals surface area contributed by atoms with Crippen LogP contribution < -0.4 is 41.0 Å². The molecule has 0 aliphatic heterocycles. The Hall–Kier alpha value is -9.30. The van der Waals surface area contributed by atoms with E-state index in [4.69, 9.17) is 69.7 Å². The Balaban J connectivity index is 1.47. The van der Waals surface area contributed by atoms with E-state index < -0.39 is 96.2 Å². The summed E-state index contributed by atoms with van der Waals surface area (Å²) < 4.78 is 56.5. The second-order valence-electron chi connectivity index (χ2n) is 23.0. The van der Waals surface area contributed by atoms with Crippen molar-refractivity contribution in [2.45, 2.75) is 105 Å². The van der Waals surface area contributed by atoms with Gasteiger partial charge in [0.15, 0.2) is 11.9 Å². The summed E-state index contributed by atoms with van der Waals surface area (Å²) in [5, 5.41) is 20.1. The fourth-order valence-electron chi connectivity index (χ4n) is 7.34. The summed E-state index contributed by atoms with van der Waals surface area (Å²) in [7, 11) is 0. The summed E-state index contributed by atoms with van der Waals surface area (Å²) in [5.41, 5.74) is 7.99. The number of carbonyl (C=O) groups excluding carboxylic acids is 8. The Morgan fingerprint density at radius 3 is 0.930 bits per heavy atom. The molecule has 0 spiro atoms. The van der Waals surface area contributed by atoms with E-state index in [1.165, 1.54) is 84.9 Å². The Labute approximate surface area is 499 Å². The minimum Gasteiger partial charge on any atom is -0.491 e. The number of hydrogen-bond donors (Lipinski definition) is 6. The number of carbonyl (C=O) groups is 8. The molecule has 0 aliphatic carbocycles. The molecular weight excluding hydrogens is 1120 g/mol. The van der Waals surface area contributed by atoms with Gasteiger partial charge in [0.05, 0.1) is 37.6 Å². The van der Waals surface area contributed by atoms with Crippen LogP contribution in [0.25, 0.3) is 0 Å². The lowest BCUT2D eigenvalue weighted by molar-refractivity contribution is -0.160. The third-order valence-corrected chi connectivity index (χ3v) is 10.4. The van der Waals surface area contributed by atoms with E-state index in [0.717, 1.165) is 9.80 Å². The zero-order valence-corrected chi connectivity index (χ0v) is 50.6. The van der Waals surface area contributed by atoms with Crippen molar-refractivity contribution in [1.82, 2.24) is 9.80 Å². The van der Waals surface area contributed by atoms with Gasteiger partial charge < -0.3 is 79.3 Å². The number of rotatable bonds is 27. The maximum Gasteiger partial charge on any atom is 0.343 e. The van der Waals surface area contributed by atoms with Gasteiger partial charge in [0, 0.05) is 34.6 Å². The zero-order chi connectivity index (χ0) is 64.2. The number of benzene rings is 4. The van der Waals surface area contributed by atoms with Crippen molar-refractivity contribution in [1.29, 1.82) is 10.8 Å². The molecular formula is C60H78N8O18. The van der Waals surface area contributed by atoms with E-state index in [-0.39, 0.29) is 96.8 Å². The van der Waals surface area contributed by atoms with Crippen LogP contribution in [0.15, 0.2) is 84.9 Å². The van der Waals surface area contributed by atoms with E-state index in [9.17, 15) is 38.4 Å².